The Bertz CT molecular complexity index is 3150. The maximum atomic E-state index is 2.40. The smallest absolute Gasteiger partial charge is 0.0701 e. The van der Waals surface area contributed by atoms with Crippen LogP contribution in [0.4, 0.5) is 17.1 Å². The highest BCUT2D eigenvalue weighted by atomic mass is 15.1. The summed E-state index contributed by atoms with van der Waals surface area (Å²) >= 11 is 0. The fourth-order valence-corrected chi connectivity index (χ4v) is 9.71. The van der Waals surface area contributed by atoms with Crippen molar-refractivity contribution in [2.45, 2.75) is 5.41 Å². The summed E-state index contributed by atoms with van der Waals surface area (Å²) in [6, 6.07) is 96.8. The molecule has 11 rings (SSSR count). The van der Waals surface area contributed by atoms with Crippen molar-refractivity contribution in [3.8, 4) is 27.9 Å². The Balaban J connectivity index is 1.04. The Morgan fingerprint density at radius 3 is 1.29 bits per heavy atom. The van der Waals surface area contributed by atoms with Gasteiger partial charge in [0.15, 0.2) is 0 Å². The first-order chi connectivity index (χ1) is 31.3. The first-order valence-corrected chi connectivity index (χ1v) is 21.7. The SMILES string of the molecule is c1ccc(-c2ccccc2N(c2ccc(-c3cccc(-n4c5ccccc5c5ccccc54)c3)cc2)c2ccc(C(c3ccccc3)(c3ccccc3)c3ccccc3)cc2)cc1. The van der Waals surface area contributed by atoms with Gasteiger partial charge >= 0.3 is 0 Å². The van der Waals surface area contributed by atoms with Crippen molar-refractivity contribution < 1.29 is 0 Å². The fraction of sp³-hybridized carbons (Fsp3) is 0.0164. The molecule has 0 saturated carbocycles. The van der Waals surface area contributed by atoms with Crippen molar-refractivity contribution in [1.82, 2.24) is 4.57 Å². The summed E-state index contributed by atoms with van der Waals surface area (Å²) in [6.07, 6.45) is 0. The van der Waals surface area contributed by atoms with Crippen molar-refractivity contribution in [1.29, 1.82) is 0 Å². The molecule has 0 fully saturated rings. The maximum Gasteiger partial charge on any atom is 0.0701 e. The molecule has 0 bridgehead atoms. The predicted molar refractivity (Wildman–Crippen MR) is 265 cm³/mol. The summed E-state index contributed by atoms with van der Waals surface area (Å²) < 4.78 is 2.39. The number of hydrogen-bond acceptors (Lipinski definition) is 1. The van der Waals surface area contributed by atoms with Gasteiger partial charge in [0.25, 0.3) is 0 Å². The molecule has 0 spiro atoms. The topological polar surface area (TPSA) is 8.17 Å². The second kappa shape index (κ2) is 16.3. The van der Waals surface area contributed by atoms with E-state index in [9.17, 15) is 0 Å². The molecule has 2 nitrogen and oxygen atoms in total. The highest BCUT2D eigenvalue weighted by Crippen LogP contribution is 2.47. The monoisotopic (exact) mass is 804 g/mol. The Morgan fingerprint density at radius 2 is 0.730 bits per heavy atom. The summed E-state index contributed by atoms with van der Waals surface area (Å²) in [5, 5.41) is 2.52. The summed E-state index contributed by atoms with van der Waals surface area (Å²) in [7, 11) is 0. The molecule has 0 N–H and O–H groups in total. The van der Waals surface area contributed by atoms with Crippen LogP contribution < -0.4 is 4.90 Å². The second-order valence-electron chi connectivity index (χ2n) is 16.1. The lowest BCUT2D eigenvalue weighted by atomic mass is 9.65. The molecule has 298 valence electrons. The van der Waals surface area contributed by atoms with E-state index in [1.807, 2.05) is 0 Å². The highest BCUT2D eigenvalue weighted by molar-refractivity contribution is 6.09. The zero-order valence-electron chi connectivity index (χ0n) is 34.8. The van der Waals surface area contributed by atoms with Gasteiger partial charge in [0.1, 0.15) is 0 Å². The highest BCUT2D eigenvalue weighted by Gasteiger charge is 2.38. The molecule has 2 heteroatoms. The molecule has 0 unspecified atom stereocenters. The van der Waals surface area contributed by atoms with E-state index < -0.39 is 5.41 Å². The predicted octanol–water partition coefficient (Wildman–Crippen LogP) is 16.0. The molecular formula is C61H44N2. The van der Waals surface area contributed by atoms with Crippen LogP contribution in [0.2, 0.25) is 0 Å². The molecule has 0 radical (unpaired) electrons. The minimum atomic E-state index is -0.537. The average molecular weight is 805 g/mol. The quantitative estimate of drug-likeness (QED) is 0.125. The molecule has 1 aromatic heterocycles. The minimum absolute atomic E-state index is 0.537. The molecule has 10 aromatic carbocycles. The van der Waals surface area contributed by atoms with E-state index in [1.54, 1.807) is 0 Å². The van der Waals surface area contributed by atoms with E-state index in [4.69, 9.17) is 0 Å². The van der Waals surface area contributed by atoms with Crippen LogP contribution in [0.5, 0.6) is 0 Å². The van der Waals surface area contributed by atoms with Gasteiger partial charge in [-0.25, -0.2) is 0 Å². The number of fused-ring (bicyclic) bond motifs is 3. The fourth-order valence-electron chi connectivity index (χ4n) is 9.71. The van der Waals surface area contributed by atoms with Gasteiger partial charge in [0.05, 0.1) is 22.1 Å². The largest absolute Gasteiger partial charge is 0.310 e. The molecule has 0 saturated heterocycles. The molecule has 11 aromatic rings. The van der Waals surface area contributed by atoms with Gasteiger partial charge in [0.2, 0.25) is 0 Å². The van der Waals surface area contributed by atoms with Crippen molar-refractivity contribution in [3.63, 3.8) is 0 Å². The van der Waals surface area contributed by atoms with Gasteiger partial charge in [-0.15, -0.1) is 0 Å². The Hall–Kier alpha value is -8.20. The van der Waals surface area contributed by atoms with Crippen molar-refractivity contribution in [3.05, 3.63) is 289 Å². The normalized spacial score (nSPS) is 11.5. The van der Waals surface area contributed by atoms with Crippen LogP contribution in [0, 0.1) is 0 Å². The summed E-state index contributed by atoms with van der Waals surface area (Å²) in [5.74, 6) is 0. The number of rotatable bonds is 10. The first kappa shape index (κ1) is 37.8. The van der Waals surface area contributed by atoms with Gasteiger partial charge in [0, 0.05) is 33.4 Å². The van der Waals surface area contributed by atoms with Crippen LogP contribution in [0.25, 0.3) is 49.7 Å². The van der Waals surface area contributed by atoms with Gasteiger partial charge in [-0.2, -0.15) is 0 Å². The number of para-hydroxylation sites is 3. The van der Waals surface area contributed by atoms with Crippen LogP contribution in [0.3, 0.4) is 0 Å². The minimum Gasteiger partial charge on any atom is -0.310 e. The van der Waals surface area contributed by atoms with Crippen molar-refractivity contribution in [2.75, 3.05) is 4.90 Å². The summed E-state index contributed by atoms with van der Waals surface area (Å²) in [6.45, 7) is 0. The second-order valence-corrected chi connectivity index (χ2v) is 16.1. The van der Waals surface area contributed by atoms with E-state index in [-0.39, 0.29) is 0 Å². The van der Waals surface area contributed by atoms with E-state index >= 15 is 0 Å². The third-order valence-corrected chi connectivity index (χ3v) is 12.6. The molecule has 0 aliphatic heterocycles. The zero-order valence-corrected chi connectivity index (χ0v) is 34.8. The molecule has 1 heterocycles. The number of benzene rings is 10. The Kier molecular flexibility index (Phi) is 9.80. The number of hydrogen-bond donors (Lipinski definition) is 0. The Morgan fingerprint density at radius 1 is 0.302 bits per heavy atom. The first-order valence-electron chi connectivity index (χ1n) is 21.7. The standard InChI is InChI=1S/C61H44N2/c1-5-20-46(21-6-1)55-30-13-16-33-58(55)62(53-42-38-51(39-43-53)61(48-23-7-2-8-24-48,49-25-9-3-10-26-49)50-27-11-4-12-28-50)52-40-36-45(37-41-52)47-22-19-29-54(44-47)63-59-34-17-14-31-56(59)57-32-15-18-35-60(57)63/h1-44H. The van der Waals surface area contributed by atoms with Crippen LogP contribution in [0.15, 0.2) is 267 Å². The number of anilines is 3. The lowest BCUT2D eigenvalue weighted by molar-refractivity contribution is 0.745. The van der Waals surface area contributed by atoms with Crippen molar-refractivity contribution >= 4 is 38.9 Å². The summed E-state index contributed by atoms with van der Waals surface area (Å²) in [5.41, 5.74) is 15.8. The van der Waals surface area contributed by atoms with Crippen LogP contribution in [-0.4, -0.2) is 4.57 Å². The summed E-state index contributed by atoms with van der Waals surface area (Å²) in [4.78, 5) is 2.40. The zero-order chi connectivity index (χ0) is 42.0. The lowest BCUT2D eigenvalue weighted by Crippen LogP contribution is -2.31. The average Bonchev–Trinajstić information content (AvgIpc) is 3.71. The Labute approximate surface area is 369 Å². The third kappa shape index (κ3) is 6.70. The lowest BCUT2D eigenvalue weighted by Gasteiger charge is -2.37. The van der Waals surface area contributed by atoms with Gasteiger partial charge in [-0.3, -0.25) is 0 Å². The van der Waals surface area contributed by atoms with Crippen LogP contribution in [0.1, 0.15) is 22.3 Å². The van der Waals surface area contributed by atoms with Gasteiger partial charge in [-0.1, -0.05) is 212 Å². The van der Waals surface area contributed by atoms with Crippen molar-refractivity contribution in [2.24, 2.45) is 0 Å². The van der Waals surface area contributed by atoms with E-state index in [0.717, 1.165) is 33.9 Å². The molecule has 0 aliphatic rings. The van der Waals surface area contributed by atoms with Gasteiger partial charge < -0.3 is 9.47 Å². The van der Waals surface area contributed by atoms with E-state index in [2.05, 4.69) is 276 Å². The molecule has 63 heavy (non-hydrogen) atoms. The number of aromatic nitrogens is 1. The van der Waals surface area contributed by atoms with Crippen LogP contribution >= 0.6 is 0 Å². The van der Waals surface area contributed by atoms with E-state index in [0.29, 0.717) is 0 Å². The molecule has 0 amide bonds. The van der Waals surface area contributed by atoms with E-state index in [1.165, 1.54) is 55.2 Å². The molecule has 0 aliphatic carbocycles. The van der Waals surface area contributed by atoms with Gasteiger partial charge in [-0.05, 0) is 93.5 Å². The van der Waals surface area contributed by atoms with Crippen LogP contribution in [-0.2, 0) is 5.41 Å². The number of nitrogens with zero attached hydrogens (tertiary/aromatic N) is 2. The third-order valence-electron chi connectivity index (χ3n) is 12.6. The molecule has 0 atom stereocenters. The molecular weight excluding hydrogens is 761 g/mol. The maximum absolute atomic E-state index is 2.40.